The first-order valence-corrected chi connectivity index (χ1v) is 6.45. The highest BCUT2D eigenvalue weighted by atomic mass is 16.2. The minimum absolute atomic E-state index is 0.217. The molecule has 0 fully saturated rings. The van der Waals surface area contributed by atoms with Crippen molar-refractivity contribution in [2.75, 3.05) is 7.05 Å². The molecule has 4 rings (SSSR count). The first kappa shape index (κ1) is 11.2. The second-order valence-electron chi connectivity index (χ2n) is 5.08. The molecule has 0 spiro atoms. The van der Waals surface area contributed by atoms with Gasteiger partial charge in [-0.05, 0) is 39.7 Å². The Morgan fingerprint density at radius 1 is 0.800 bits per heavy atom. The number of benzene rings is 3. The Kier molecular flexibility index (Phi) is 2.05. The zero-order chi connectivity index (χ0) is 13.9. The van der Waals surface area contributed by atoms with Crippen LogP contribution in [0.25, 0.3) is 21.5 Å². The molecule has 0 atom stereocenters. The average molecular weight is 261 g/mol. The van der Waals surface area contributed by atoms with Crippen molar-refractivity contribution in [3.8, 4) is 0 Å². The van der Waals surface area contributed by atoms with Crippen molar-refractivity contribution in [1.82, 2.24) is 4.90 Å². The molecule has 0 radical (unpaired) electrons. The third-order valence-corrected chi connectivity index (χ3v) is 3.94. The fourth-order valence-corrected chi connectivity index (χ4v) is 2.86. The van der Waals surface area contributed by atoms with Crippen LogP contribution in [0.1, 0.15) is 20.7 Å². The number of rotatable bonds is 0. The highest BCUT2D eigenvalue weighted by molar-refractivity contribution is 6.27. The van der Waals surface area contributed by atoms with Crippen molar-refractivity contribution in [3.63, 3.8) is 0 Å². The maximum absolute atomic E-state index is 12.3. The van der Waals surface area contributed by atoms with E-state index in [4.69, 9.17) is 0 Å². The van der Waals surface area contributed by atoms with Crippen LogP contribution >= 0.6 is 0 Å². The Hall–Kier alpha value is -2.68. The largest absolute Gasteiger partial charge is 0.277 e. The third-order valence-electron chi connectivity index (χ3n) is 3.94. The number of hydrogen-bond acceptors (Lipinski definition) is 2. The van der Waals surface area contributed by atoms with Gasteiger partial charge in [0.1, 0.15) is 0 Å². The number of hydrogen-bond donors (Lipinski definition) is 0. The maximum Gasteiger partial charge on any atom is 0.261 e. The SMILES string of the molecule is CN1C(=O)c2ccc3cc4ccccc4cc3c2C1=O. The van der Waals surface area contributed by atoms with Gasteiger partial charge in [0.15, 0.2) is 0 Å². The van der Waals surface area contributed by atoms with E-state index in [2.05, 4.69) is 6.07 Å². The van der Waals surface area contributed by atoms with Gasteiger partial charge in [0.2, 0.25) is 0 Å². The summed E-state index contributed by atoms with van der Waals surface area (Å²) in [5, 5.41) is 4.04. The van der Waals surface area contributed by atoms with Gasteiger partial charge < -0.3 is 0 Å². The summed E-state index contributed by atoms with van der Waals surface area (Å²) in [6, 6.07) is 15.7. The average Bonchev–Trinajstić information content (AvgIpc) is 2.70. The van der Waals surface area contributed by atoms with Crippen LogP contribution in [0.4, 0.5) is 0 Å². The molecule has 0 aromatic heterocycles. The van der Waals surface area contributed by atoms with Crippen LogP contribution in [-0.4, -0.2) is 23.8 Å². The first-order valence-electron chi connectivity index (χ1n) is 6.45. The minimum atomic E-state index is -0.222. The number of nitrogens with zero attached hydrogens (tertiary/aromatic N) is 1. The van der Waals surface area contributed by atoms with Crippen molar-refractivity contribution in [3.05, 3.63) is 59.7 Å². The third kappa shape index (κ3) is 1.29. The summed E-state index contributed by atoms with van der Waals surface area (Å²) in [7, 11) is 1.53. The number of carbonyl (C=O) groups excluding carboxylic acids is 2. The molecule has 0 saturated heterocycles. The highest BCUT2D eigenvalue weighted by Gasteiger charge is 2.34. The Morgan fingerprint density at radius 2 is 1.50 bits per heavy atom. The molecule has 96 valence electrons. The molecular formula is C17H11NO2. The quantitative estimate of drug-likeness (QED) is 0.460. The lowest BCUT2D eigenvalue weighted by Crippen LogP contribution is -2.24. The monoisotopic (exact) mass is 261 g/mol. The molecule has 3 aromatic rings. The molecule has 0 unspecified atom stereocenters. The summed E-state index contributed by atoms with van der Waals surface area (Å²) in [4.78, 5) is 25.5. The van der Waals surface area contributed by atoms with E-state index in [0.717, 1.165) is 21.5 Å². The van der Waals surface area contributed by atoms with Gasteiger partial charge in [-0.2, -0.15) is 0 Å². The Bertz CT molecular complexity index is 911. The summed E-state index contributed by atoms with van der Waals surface area (Å²) < 4.78 is 0. The molecule has 1 aliphatic heterocycles. The zero-order valence-corrected chi connectivity index (χ0v) is 10.9. The van der Waals surface area contributed by atoms with Gasteiger partial charge in [-0.1, -0.05) is 30.3 Å². The summed E-state index contributed by atoms with van der Waals surface area (Å²) >= 11 is 0. The van der Waals surface area contributed by atoms with Crippen LogP contribution in [0.3, 0.4) is 0 Å². The van der Waals surface area contributed by atoms with Crippen LogP contribution in [0, 0.1) is 0 Å². The minimum Gasteiger partial charge on any atom is -0.277 e. The maximum atomic E-state index is 12.3. The Labute approximate surface area is 115 Å². The van der Waals surface area contributed by atoms with E-state index in [1.165, 1.54) is 11.9 Å². The Balaban J connectivity index is 2.17. The molecule has 1 heterocycles. The molecule has 3 heteroatoms. The van der Waals surface area contributed by atoms with Crippen molar-refractivity contribution in [2.45, 2.75) is 0 Å². The second-order valence-corrected chi connectivity index (χ2v) is 5.08. The van der Waals surface area contributed by atoms with Crippen molar-refractivity contribution >= 4 is 33.4 Å². The van der Waals surface area contributed by atoms with E-state index >= 15 is 0 Å². The van der Waals surface area contributed by atoms with Crippen LogP contribution < -0.4 is 0 Å². The fourth-order valence-electron chi connectivity index (χ4n) is 2.86. The van der Waals surface area contributed by atoms with E-state index in [-0.39, 0.29) is 11.8 Å². The van der Waals surface area contributed by atoms with E-state index < -0.39 is 0 Å². The van der Waals surface area contributed by atoms with Gasteiger partial charge in [-0.15, -0.1) is 0 Å². The van der Waals surface area contributed by atoms with E-state index in [0.29, 0.717) is 11.1 Å². The van der Waals surface area contributed by atoms with Gasteiger partial charge in [0, 0.05) is 7.05 Å². The summed E-state index contributed by atoms with van der Waals surface area (Å²) in [6.07, 6.45) is 0. The van der Waals surface area contributed by atoms with Crippen LogP contribution in [0.5, 0.6) is 0 Å². The Morgan fingerprint density at radius 3 is 2.25 bits per heavy atom. The molecule has 0 N–H and O–H groups in total. The standard InChI is InChI=1S/C17H11NO2/c1-18-16(19)13-7-6-12-8-10-4-2-3-5-11(10)9-14(12)15(13)17(18)20/h2-9H,1H3. The van der Waals surface area contributed by atoms with Crippen LogP contribution in [-0.2, 0) is 0 Å². The molecule has 3 nitrogen and oxygen atoms in total. The molecular weight excluding hydrogens is 250 g/mol. The number of amides is 2. The van der Waals surface area contributed by atoms with Crippen molar-refractivity contribution in [2.24, 2.45) is 0 Å². The smallest absolute Gasteiger partial charge is 0.261 e. The summed E-state index contributed by atoms with van der Waals surface area (Å²) in [5.74, 6) is -0.439. The van der Waals surface area contributed by atoms with Crippen LogP contribution in [0.15, 0.2) is 48.5 Å². The zero-order valence-electron chi connectivity index (χ0n) is 10.9. The fraction of sp³-hybridized carbons (Fsp3) is 0.0588. The van der Waals surface area contributed by atoms with Crippen molar-refractivity contribution < 1.29 is 9.59 Å². The van der Waals surface area contributed by atoms with E-state index in [9.17, 15) is 9.59 Å². The van der Waals surface area contributed by atoms with Gasteiger partial charge in [-0.25, -0.2) is 0 Å². The summed E-state index contributed by atoms with van der Waals surface area (Å²) in [6.45, 7) is 0. The first-order chi connectivity index (χ1) is 9.66. The lowest BCUT2D eigenvalue weighted by atomic mass is 9.97. The highest BCUT2D eigenvalue weighted by Crippen LogP contribution is 2.32. The van der Waals surface area contributed by atoms with Gasteiger partial charge in [0.25, 0.3) is 11.8 Å². The topological polar surface area (TPSA) is 37.4 Å². The predicted octanol–water partition coefficient (Wildman–Crippen LogP) is 3.22. The van der Waals surface area contributed by atoms with Crippen LogP contribution in [0.2, 0.25) is 0 Å². The van der Waals surface area contributed by atoms with E-state index in [1.54, 1.807) is 6.07 Å². The summed E-state index contributed by atoms with van der Waals surface area (Å²) in [5.41, 5.74) is 1.03. The molecule has 2 amide bonds. The molecule has 0 saturated carbocycles. The molecule has 0 aliphatic carbocycles. The van der Waals surface area contributed by atoms with E-state index in [1.807, 2.05) is 36.4 Å². The molecule has 3 aromatic carbocycles. The van der Waals surface area contributed by atoms with Gasteiger partial charge in [-0.3, -0.25) is 14.5 Å². The van der Waals surface area contributed by atoms with Gasteiger partial charge >= 0.3 is 0 Å². The molecule has 1 aliphatic rings. The number of carbonyl (C=O) groups is 2. The second kappa shape index (κ2) is 3.67. The normalized spacial score (nSPS) is 14.3. The molecule has 20 heavy (non-hydrogen) atoms. The lowest BCUT2D eigenvalue weighted by Gasteiger charge is -2.06. The van der Waals surface area contributed by atoms with Gasteiger partial charge in [0.05, 0.1) is 11.1 Å². The number of imide groups is 1. The lowest BCUT2D eigenvalue weighted by molar-refractivity contribution is 0.0693. The van der Waals surface area contributed by atoms with Crippen molar-refractivity contribution in [1.29, 1.82) is 0 Å². The number of fused-ring (bicyclic) bond motifs is 4. The molecule has 0 bridgehead atoms. The predicted molar refractivity (Wildman–Crippen MR) is 77.9 cm³/mol.